The lowest BCUT2D eigenvalue weighted by atomic mass is 9.91. The lowest BCUT2D eigenvalue weighted by Gasteiger charge is -2.35. The van der Waals surface area contributed by atoms with Crippen molar-refractivity contribution in [2.75, 3.05) is 7.05 Å². The molecule has 1 amide bonds. The van der Waals surface area contributed by atoms with Gasteiger partial charge in [0.15, 0.2) is 5.82 Å². The van der Waals surface area contributed by atoms with Crippen LogP contribution in [0.25, 0.3) is 0 Å². The summed E-state index contributed by atoms with van der Waals surface area (Å²) in [5.41, 5.74) is -0.354. The van der Waals surface area contributed by atoms with Crippen LogP contribution in [0.15, 0.2) is 12.3 Å². The molecule has 0 aromatic carbocycles. The van der Waals surface area contributed by atoms with E-state index >= 15 is 0 Å². The summed E-state index contributed by atoms with van der Waals surface area (Å²) in [6.45, 7) is 0. The van der Waals surface area contributed by atoms with Gasteiger partial charge in [0.2, 0.25) is 5.95 Å². The van der Waals surface area contributed by atoms with Crippen molar-refractivity contribution in [3.05, 3.63) is 29.6 Å². The molecule has 0 spiro atoms. The number of aliphatic hydroxyl groups is 1. The first-order valence-corrected chi connectivity index (χ1v) is 6.27. The molecule has 6 heteroatoms. The maximum atomic E-state index is 13.5. The summed E-state index contributed by atoms with van der Waals surface area (Å²) in [4.78, 5) is 16.6. The number of pyridine rings is 1. The summed E-state index contributed by atoms with van der Waals surface area (Å²) in [6.07, 6.45) is 3.55. The number of likely N-dealkylation sites (N-methyl/N-ethyl adjacent to an activating group) is 1. The third kappa shape index (κ3) is 2.73. The highest BCUT2D eigenvalue weighted by Crippen LogP contribution is 2.24. The number of nitrogens with zero attached hydrogens (tertiary/aromatic N) is 2. The third-order valence-electron chi connectivity index (χ3n) is 3.59. The second kappa shape index (κ2) is 5.61. The van der Waals surface area contributed by atoms with Crippen molar-refractivity contribution < 1.29 is 18.7 Å². The van der Waals surface area contributed by atoms with Gasteiger partial charge in [0, 0.05) is 13.2 Å². The van der Waals surface area contributed by atoms with Crippen LogP contribution in [0.3, 0.4) is 0 Å². The van der Waals surface area contributed by atoms with Gasteiger partial charge in [0.05, 0.1) is 17.7 Å². The van der Waals surface area contributed by atoms with Gasteiger partial charge in [-0.25, -0.2) is 9.37 Å². The van der Waals surface area contributed by atoms with Crippen molar-refractivity contribution in [1.82, 2.24) is 9.88 Å². The molecule has 19 heavy (non-hydrogen) atoms. The Hall–Kier alpha value is -1.56. The van der Waals surface area contributed by atoms with Crippen molar-refractivity contribution in [1.29, 1.82) is 0 Å². The van der Waals surface area contributed by atoms with E-state index in [4.69, 9.17) is 0 Å². The number of hydrogen-bond donors (Lipinski definition) is 1. The van der Waals surface area contributed by atoms with E-state index in [-0.39, 0.29) is 11.6 Å². The van der Waals surface area contributed by atoms with E-state index in [2.05, 4.69) is 4.98 Å². The van der Waals surface area contributed by atoms with Crippen LogP contribution in [0.2, 0.25) is 0 Å². The number of hydrogen-bond acceptors (Lipinski definition) is 3. The molecule has 1 aliphatic rings. The van der Waals surface area contributed by atoms with Crippen LogP contribution in [0.4, 0.5) is 8.78 Å². The number of aliphatic hydroxyl groups excluding tert-OH is 1. The van der Waals surface area contributed by atoms with E-state index in [0.29, 0.717) is 12.8 Å². The molecule has 1 aromatic rings. The first-order valence-electron chi connectivity index (χ1n) is 6.27. The van der Waals surface area contributed by atoms with Crippen LogP contribution >= 0.6 is 0 Å². The number of amides is 1. The topological polar surface area (TPSA) is 53.4 Å². The van der Waals surface area contributed by atoms with Gasteiger partial charge in [-0.1, -0.05) is 12.8 Å². The van der Waals surface area contributed by atoms with Crippen LogP contribution in [0.1, 0.15) is 36.0 Å². The molecule has 2 unspecified atom stereocenters. The monoisotopic (exact) mass is 270 g/mol. The van der Waals surface area contributed by atoms with E-state index in [1.165, 1.54) is 11.9 Å². The van der Waals surface area contributed by atoms with Gasteiger partial charge >= 0.3 is 0 Å². The predicted molar refractivity (Wildman–Crippen MR) is 64.5 cm³/mol. The van der Waals surface area contributed by atoms with Crippen LogP contribution in [0.5, 0.6) is 0 Å². The molecule has 0 saturated heterocycles. The first-order chi connectivity index (χ1) is 9.02. The predicted octanol–water partition coefficient (Wildman–Crippen LogP) is 1.74. The Labute approximate surface area is 110 Å². The second-order valence-corrected chi connectivity index (χ2v) is 4.80. The molecule has 2 rings (SSSR count). The number of aromatic nitrogens is 1. The molecule has 2 atom stereocenters. The molecule has 0 radical (unpaired) electrons. The van der Waals surface area contributed by atoms with Gasteiger partial charge in [-0.2, -0.15) is 4.39 Å². The zero-order valence-electron chi connectivity index (χ0n) is 10.6. The smallest absolute Gasteiger partial charge is 0.257 e. The molecule has 1 N–H and O–H groups in total. The van der Waals surface area contributed by atoms with Crippen molar-refractivity contribution in [3.8, 4) is 0 Å². The maximum absolute atomic E-state index is 13.5. The summed E-state index contributed by atoms with van der Waals surface area (Å²) in [6, 6.07) is 0.795. The highest BCUT2D eigenvalue weighted by Gasteiger charge is 2.31. The zero-order chi connectivity index (χ0) is 14.0. The molecule has 0 aliphatic heterocycles. The molecule has 1 aliphatic carbocycles. The van der Waals surface area contributed by atoms with Crippen molar-refractivity contribution in [3.63, 3.8) is 0 Å². The van der Waals surface area contributed by atoms with E-state index < -0.39 is 23.8 Å². The summed E-state index contributed by atoms with van der Waals surface area (Å²) >= 11 is 0. The molecule has 0 bridgehead atoms. The first kappa shape index (κ1) is 13.9. The van der Waals surface area contributed by atoms with Crippen molar-refractivity contribution in [2.45, 2.75) is 37.8 Å². The lowest BCUT2D eigenvalue weighted by molar-refractivity contribution is 0.0264. The van der Waals surface area contributed by atoms with Gasteiger partial charge in [0.1, 0.15) is 0 Å². The van der Waals surface area contributed by atoms with Gasteiger partial charge < -0.3 is 10.0 Å². The van der Waals surface area contributed by atoms with E-state index in [9.17, 15) is 18.7 Å². The van der Waals surface area contributed by atoms with Gasteiger partial charge in [-0.05, 0) is 18.9 Å². The number of carbonyl (C=O) groups excluding carboxylic acids is 1. The van der Waals surface area contributed by atoms with Crippen LogP contribution in [-0.4, -0.2) is 40.1 Å². The fraction of sp³-hybridized carbons (Fsp3) is 0.538. The van der Waals surface area contributed by atoms with Crippen LogP contribution in [0, 0.1) is 11.8 Å². The minimum atomic E-state index is -1.29. The van der Waals surface area contributed by atoms with Crippen molar-refractivity contribution >= 4 is 5.91 Å². The summed E-state index contributed by atoms with van der Waals surface area (Å²) in [7, 11) is 1.50. The molecule has 4 nitrogen and oxygen atoms in total. The highest BCUT2D eigenvalue weighted by molar-refractivity contribution is 5.94. The zero-order valence-corrected chi connectivity index (χ0v) is 10.6. The molecule has 1 saturated carbocycles. The molecule has 1 fully saturated rings. The molecule has 1 aromatic heterocycles. The molecular formula is C13H16F2N2O2. The Morgan fingerprint density at radius 1 is 1.42 bits per heavy atom. The fourth-order valence-corrected chi connectivity index (χ4v) is 2.47. The number of carbonyl (C=O) groups is 1. The summed E-state index contributed by atoms with van der Waals surface area (Å²) < 4.78 is 26.5. The summed E-state index contributed by atoms with van der Waals surface area (Å²) in [5, 5.41) is 9.88. The van der Waals surface area contributed by atoms with E-state index in [1.54, 1.807) is 0 Å². The van der Waals surface area contributed by atoms with Gasteiger partial charge in [-0.15, -0.1) is 0 Å². The Bertz CT molecular complexity index is 482. The second-order valence-electron chi connectivity index (χ2n) is 4.80. The van der Waals surface area contributed by atoms with Gasteiger partial charge in [-0.3, -0.25) is 4.79 Å². The molecular weight excluding hydrogens is 254 g/mol. The maximum Gasteiger partial charge on any atom is 0.257 e. The normalized spacial score (nSPS) is 23.2. The SMILES string of the molecule is CN(C(=O)c1ccnc(F)c1F)C1CCCCC1O. The number of rotatable bonds is 2. The van der Waals surface area contributed by atoms with E-state index in [0.717, 1.165) is 25.1 Å². The Morgan fingerprint density at radius 2 is 2.11 bits per heavy atom. The van der Waals surface area contributed by atoms with Gasteiger partial charge in [0.25, 0.3) is 5.91 Å². The van der Waals surface area contributed by atoms with Crippen LogP contribution < -0.4 is 0 Å². The minimum absolute atomic E-state index is 0.350. The minimum Gasteiger partial charge on any atom is -0.391 e. The van der Waals surface area contributed by atoms with Crippen LogP contribution in [-0.2, 0) is 0 Å². The third-order valence-corrected chi connectivity index (χ3v) is 3.59. The fourth-order valence-electron chi connectivity index (χ4n) is 2.47. The standard InChI is InChI=1S/C13H16F2N2O2/c1-17(9-4-2-3-5-10(9)18)13(19)8-6-7-16-12(15)11(8)14/h6-7,9-10,18H,2-5H2,1H3. The molecule has 104 valence electrons. The Kier molecular flexibility index (Phi) is 4.09. The largest absolute Gasteiger partial charge is 0.391 e. The number of halogens is 2. The highest BCUT2D eigenvalue weighted by atomic mass is 19.2. The average Bonchev–Trinajstić information content (AvgIpc) is 2.41. The van der Waals surface area contributed by atoms with Crippen molar-refractivity contribution in [2.24, 2.45) is 0 Å². The van der Waals surface area contributed by atoms with E-state index in [1.807, 2.05) is 0 Å². The Balaban J connectivity index is 2.21. The molecule has 1 heterocycles. The summed E-state index contributed by atoms with van der Waals surface area (Å²) in [5.74, 6) is -3.17. The average molecular weight is 270 g/mol. The lowest BCUT2D eigenvalue weighted by Crippen LogP contribution is -2.46. The quantitative estimate of drug-likeness (QED) is 0.833. The Morgan fingerprint density at radius 3 is 2.79 bits per heavy atom.